The predicted molar refractivity (Wildman–Crippen MR) is 342 cm³/mol. The maximum Gasteiger partial charge on any atom is 0.306 e. The summed E-state index contributed by atoms with van der Waals surface area (Å²) in [5.41, 5.74) is 0. The average molecular weight is 1140 g/mol. The SMILES string of the molecule is CC/C=C\C/C=C\C/C=C\C/C=C\C/C=C\C/C=C\CCCC(O)C(=O)NC(COC1OC(CO)C(O)C(O)C1OC(=O)CCCCCCC/C=C\C/C=C\C/C=C\C/C=C\CCCCC)C(O)/C=C/CCCCCCCCCCCC. The lowest BCUT2D eigenvalue weighted by Crippen LogP contribution is -2.61. The second-order valence-electron chi connectivity index (χ2n) is 21.8. The predicted octanol–water partition coefficient (Wildman–Crippen LogP) is 16.0. The van der Waals surface area contributed by atoms with Gasteiger partial charge in [0.1, 0.15) is 24.4 Å². The van der Waals surface area contributed by atoms with E-state index in [1.54, 1.807) is 6.08 Å². The maximum absolute atomic E-state index is 13.4. The molecule has 6 N–H and O–H groups in total. The zero-order valence-electron chi connectivity index (χ0n) is 51.6. The molecule has 11 heteroatoms. The number of esters is 1. The van der Waals surface area contributed by atoms with Crippen molar-refractivity contribution in [3.63, 3.8) is 0 Å². The van der Waals surface area contributed by atoms with E-state index in [4.69, 9.17) is 14.2 Å². The first kappa shape index (κ1) is 75.8. The Morgan fingerprint density at radius 3 is 1.34 bits per heavy atom. The average Bonchev–Trinajstić information content (AvgIpc) is 3.66. The number of aliphatic hydroxyl groups is 5. The summed E-state index contributed by atoms with van der Waals surface area (Å²) in [6.45, 7) is 5.60. The molecule has 0 aromatic heterocycles. The summed E-state index contributed by atoms with van der Waals surface area (Å²) in [5, 5.41) is 57.0. The zero-order chi connectivity index (χ0) is 59.6. The minimum atomic E-state index is -1.64. The molecular formula is C71H117NO10. The number of amides is 1. The molecule has 0 radical (unpaired) electrons. The van der Waals surface area contributed by atoms with Crippen molar-refractivity contribution in [2.75, 3.05) is 13.2 Å². The highest BCUT2D eigenvalue weighted by molar-refractivity contribution is 5.80. The minimum absolute atomic E-state index is 0.0891. The molecule has 1 aliphatic heterocycles. The number of hydrogen-bond acceptors (Lipinski definition) is 10. The first-order valence-corrected chi connectivity index (χ1v) is 32.5. The van der Waals surface area contributed by atoms with Gasteiger partial charge in [-0.05, 0) is 122 Å². The van der Waals surface area contributed by atoms with Crippen LogP contribution >= 0.6 is 0 Å². The van der Waals surface area contributed by atoms with Gasteiger partial charge >= 0.3 is 5.97 Å². The summed E-state index contributed by atoms with van der Waals surface area (Å²) in [6, 6.07) is -1.06. The van der Waals surface area contributed by atoms with Gasteiger partial charge in [-0.25, -0.2) is 0 Å². The number of unbranched alkanes of at least 4 members (excludes halogenated alkanes) is 19. The Kier molecular flexibility index (Phi) is 52.9. The smallest absolute Gasteiger partial charge is 0.306 e. The Morgan fingerprint density at radius 1 is 0.488 bits per heavy atom. The Hall–Kier alpha value is -4.20. The van der Waals surface area contributed by atoms with Crippen LogP contribution in [0.1, 0.15) is 239 Å². The van der Waals surface area contributed by atoms with Crippen LogP contribution in [0.25, 0.3) is 0 Å². The van der Waals surface area contributed by atoms with Gasteiger partial charge in [0, 0.05) is 6.42 Å². The molecule has 1 saturated heterocycles. The van der Waals surface area contributed by atoms with Crippen LogP contribution in [0.2, 0.25) is 0 Å². The van der Waals surface area contributed by atoms with Crippen molar-refractivity contribution in [1.82, 2.24) is 5.32 Å². The molecule has 8 atom stereocenters. The van der Waals surface area contributed by atoms with E-state index in [2.05, 4.69) is 142 Å². The van der Waals surface area contributed by atoms with E-state index in [-0.39, 0.29) is 19.4 Å². The van der Waals surface area contributed by atoms with Gasteiger partial charge in [-0.15, -0.1) is 0 Å². The van der Waals surface area contributed by atoms with Crippen LogP contribution in [0.3, 0.4) is 0 Å². The third-order valence-electron chi connectivity index (χ3n) is 14.3. The molecule has 1 amide bonds. The van der Waals surface area contributed by atoms with Crippen LogP contribution in [0.5, 0.6) is 0 Å². The van der Waals surface area contributed by atoms with Crippen molar-refractivity contribution in [1.29, 1.82) is 0 Å². The summed E-state index contributed by atoms with van der Waals surface area (Å²) >= 11 is 0. The standard InChI is InChI=1S/C71H117NO10/c1-4-7-10-13-16-19-22-25-27-29-31-33-35-37-39-41-44-47-50-53-56-59-66(76)82-69-68(78)67(77)65(60-73)81-71(69)80-61-62(63(74)57-54-51-48-45-42-24-21-18-15-12-9-6-3)72-70(79)64(75)58-55-52-49-46-43-40-38-36-34-32-30-28-26-23-20-17-14-11-8-5-2/h8,11,16-17,19-20,25-28,31-34,37-40,46,49,54,57,62-65,67-69,71,73-75,77-78H,4-7,9-10,12-15,18,21-24,29-30,35-36,41-45,47-48,50-53,55-56,58-61H2,1-3H3,(H,72,79)/b11-8-,19-16-,20-17-,27-25-,28-26-,33-31-,34-32-,39-37-,40-38-,49-46-,57-54+. The second kappa shape index (κ2) is 57.2. The molecule has 466 valence electrons. The molecule has 1 fully saturated rings. The molecule has 0 saturated carbocycles. The van der Waals surface area contributed by atoms with E-state index in [1.165, 1.54) is 70.6 Å². The van der Waals surface area contributed by atoms with Crippen LogP contribution in [0.4, 0.5) is 0 Å². The molecule has 8 unspecified atom stereocenters. The molecule has 0 aromatic rings. The van der Waals surface area contributed by atoms with E-state index in [1.807, 2.05) is 12.2 Å². The number of hydrogen-bond donors (Lipinski definition) is 6. The maximum atomic E-state index is 13.4. The third-order valence-corrected chi connectivity index (χ3v) is 14.3. The topological polar surface area (TPSA) is 175 Å². The second-order valence-corrected chi connectivity index (χ2v) is 21.8. The van der Waals surface area contributed by atoms with Gasteiger partial charge in [0.25, 0.3) is 0 Å². The Balaban J connectivity index is 2.71. The van der Waals surface area contributed by atoms with Crippen molar-refractivity contribution in [3.05, 3.63) is 134 Å². The van der Waals surface area contributed by atoms with Crippen LogP contribution in [-0.4, -0.2) is 99.6 Å². The fourth-order valence-electron chi connectivity index (χ4n) is 9.17. The van der Waals surface area contributed by atoms with Crippen molar-refractivity contribution < 1.29 is 49.3 Å². The van der Waals surface area contributed by atoms with Crippen LogP contribution in [-0.2, 0) is 23.8 Å². The molecule has 1 rings (SSSR count). The van der Waals surface area contributed by atoms with Crippen LogP contribution in [0.15, 0.2) is 134 Å². The number of ether oxygens (including phenoxy) is 3. The normalized spacial score (nSPS) is 19.5. The number of rotatable bonds is 53. The molecular weight excluding hydrogens is 1030 g/mol. The lowest BCUT2D eigenvalue weighted by Gasteiger charge is -2.41. The highest BCUT2D eigenvalue weighted by Gasteiger charge is 2.47. The number of nitrogens with one attached hydrogen (secondary N) is 1. The van der Waals surface area contributed by atoms with E-state index >= 15 is 0 Å². The summed E-state index contributed by atoms with van der Waals surface area (Å²) in [4.78, 5) is 26.6. The Morgan fingerprint density at radius 2 is 0.878 bits per heavy atom. The van der Waals surface area contributed by atoms with Crippen LogP contribution in [0, 0.1) is 0 Å². The van der Waals surface area contributed by atoms with Crippen molar-refractivity contribution in [3.8, 4) is 0 Å². The van der Waals surface area contributed by atoms with Gasteiger partial charge in [0.05, 0.1) is 25.4 Å². The highest BCUT2D eigenvalue weighted by atomic mass is 16.7. The summed E-state index contributed by atoms with van der Waals surface area (Å²) in [7, 11) is 0. The van der Waals surface area contributed by atoms with E-state index in [9.17, 15) is 35.1 Å². The zero-order valence-corrected chi connectivity index (χ0v) is 51.6. The Bertz CT molecular complexity index is 1840. The first-order valence-electron chi connectivity index (χ1n) is 32.5. The number of carbonyl (C=O) groups excluding carboxylic acids is 2. The number of aliphatic hydroxyl groups excluding tert-OH is 5. The summed E-state index contributed by atoms with van der Waals surface area (Å²) < 4.78 is 17.6. The minimum Gasteiger partial charge on any atom is -0.454 e. The van der Waals surface area contributed by atoms with E-state index in [0.29, 0.717) is 19.3 Å². The van der Waals surface area contributed by atoms with E-state index < -0.39 is 67.4 Å². The van der Waals surface area contributed by atoms with Crippen molar-refractivity contribution in [2.24, 2.45) is 0 Å². The molecule has 0 bridgehead atoms. The molecule has 0 spiro atoms. The number of allylic oxidation sites excluding steroid dienone is 21. The quantitative estimate of drug-likeness (QED) is 0.0195. The monoisotopic (exact) mass is 1140 g/mol. The van der Waals surface area contributed by atoms with Gasteiger partial charge in [-0.1, -0.05) is 244 Å². The third kappa shape index (κ3) is 44.3. The summed E-state index contributed by atoms with van der Waals surface area (Å²) in [5.74, 6) is -1.27. The van der Waals surface area contributed by atoms with Gasteiger partial charge in [0.2, 0.25) is 5.91 Å². The fraction of sp³-hybridized carbons (Fsp3) is 0.662. The molecule has 1 heterocycles. The van der Waals surface area contributed by atoms with Gasteiger partial charge in [0.15, 0.2) is 12.4 Å². The molecule has 0 aliphatic carbocycles. The lowest BCUT2D eigenvalue weighted by atomic mass is 9.99. The molecule has 0 aromatic carbocycles. The molecule has 1 aliphatic rings. The number of carbonyl (C=O) groups is 2. The lowest BCUT2D eigenvalue weighted by molar-refractivity contribution is -0.305. The highest BCUT2D eigenvalue weighted by Crippen LogP contribution is 2.26. The van der Waals surface area contributed by atoms with Crippen molar-refractivity contribution >= 4 is 11.9 Å². The van der Waals surface area contributed by atoms with Gasteiger partial charge in [-0.2, -0.15) is 0 Å². The molecule has 82 heavy (non-hydrogen) atoms. The Labute approximate surface area is 499 Å². The fourth-order valence-corrected chi connectivity index (χ4v) is 9.17. The largest absolute Gasteiger partial charge is 0.454 e. The van der Waals surface area contributed by atoms with Gasteiger partial charge in [-0.3, -0.25) is 9.59 Å². The van der Waals surface area contributed by atoms with Crippen LogP contribution < -0.4 is 5.32 Å². The van der Waals surface area contributed by atoms with E-state index in [0.717, 1.165) is 116 Å². The first-order chi connectivity index (χ1) is 40.2. The molecule has 11 nitrogen and oxygen atoms in total. The summed E-state index contributed by atoms with van der Waals surface area (Å²) in [6.07, 6.45) is 70.5. The van der Waals surface area contributed by atoms with Crippen molar-refractivity contribution in [2.45, 2.75) is 288 Å². The van der Waals surface area contributed by atoms with Gasteiger partial charge < -0.3 is 45.1 Å².